The van der Waals surface area contributed by atoms with Crippen molar-refractivity contribution in [3.05, 3.63) is 29.8 Å². The molecule has 6 nitrogen and oxygen atoms in total. The average Bonchev–Trinajstić information content (AvgIpc) is 3.03. The van der Waals surface area contributed by atoms with E-state index < -0.39 is 11.5 Å². The molecule has 25 heavy (non-hydrogen) atoms. The number of aryl methyl sites for hydroxylation is 1. The van der Waals surface area contributed by atoms with Crippen LogP contribution >= 0.6 is 22.9 Å². The van der Waals surface area contributed by atoms with E-state index in [2.05, 4.69) is 20.8 Å². The Kier molecular flexibility index (Phi) is 6.13. The maximum Gasteiger partial charge on any atom is 0.248 e. The quantitative estimate of drug-likeness (QED) is 0.753. The van der Waals surface area contributed by atoms with Gasteiger partial charge in [0.2, 0.25) is 16.9 Å². The maximum atomic E-state index is 12.2. The van der Waals surface area contributed by atoms with Crippen LogP contribution in [0.4, 0.5) is 5.13 Å². The van der Waals surface area contributed by atoms with E-state index in [0.717, 1.165) is 16.1 Å². The van der Waals surface area contributed by atoms with Crippen molar-refractivity contribution in [2.75, 3.05) is 11.2 Å². The van der Waals surface area contributed by atoms with Crippen molar-refractivity contribution < 1.29 is 9.59 Å². The van der Waals surface area contributed by atoms with Gasteiger partial charge in [0.25, 0.3) is 0 Å². The SMILES string of the molecule is Cc1ccc(-c2nnc(NC(=O)[C@@H](C)NC(=O)C(C)(C)CCl)s2)cc1. The summed E-state index contributed by atoms with van der Waals surface area (Å²) in [5, 5.41) is 14.5. The molecule has 2 N–H and O–H groups in total. The summed E-state index contributed by atoms with van der Waals surface area (Å²) >= 11 is 7.05. The molecular weight excluding hydrogens is 360 g/mol. The molecule has 2 rings (SSSR count). The van der Waals surface area contributed by atoms with Crippen LogP contribution in [0.3, 0.4) is 0 Å². The van der Waals surface area contributed by atoms with Gasteiger partial charge in [-0.2, -0.15) is 0 Å². The summed E-state index contributed by atoms with van der Waals surface area (Å²) in [6.45, 7) is 7.06. The number of aromatic nitrogens is 2. The van der Waals surface area contributed by atoms with Crippen LogP contribution in [0.15, 0.2) is 24.3 Å². The number of hydrogen-bond donors (Lipinski definition) is 2. The van der Waals surface area contributed by atoms with Gasteiger partial charge >= 0.3 is 0 Å². The molecule has 8 heteroatoms. The predicted octanol–water partition coefficient (Wildman–Crippen LogP) is 3.22. The molecule has 0 saturated carbocycles. The highest BCUT2D eigenvalue weighted by atomic mass is 35.5. The molecule has 0 unspecified atom stereocenters. The van der Waals surface area contributed by atoms with Crippen molar-refractivity contribution in [1.29, 1.82) is 0 Å². The largest absolute Gasteiger partial charge is 0.344 e. The molecule has 2 amide bonds. The molecule has 134 valence electrons. The Morgan fingerprint density at radius 2 is 1.88 bits per heavy atom. The van der Waals surface area contributed by atoms with Gasteiger partial charge in [0, 0.05) is 11.4 Å². The van der Waals surface area contributed by atoms with E-state index in [9.17, 15) is 9.59 Å². The molecule has 1 aromatic carbocycles. The minimum Gasteiger partial charge on any atom is -0.344 e. The number of nitrogens with zero attached hydrogens (tertiary/aromatic N) is 2. The number of carbonyl (C=O) groups excluding carboxylic acids is 2. The highest BCUT2D eigenvalue weighted by Gasteiger charge is 2.29. The molecule has 0 spiro atoms. The number of amides is 2. The van der Waals surface area contributed by atoms with Gasteiger partial charge in [-0.05, 0) is 27.7 Å². The first-order chi connectivity index (χ1) is 11.7. The van der Waals surface area contributed by atoms with E-state index >= 15 is 0 Å². The van der Waals surface area contributed by atoms with Crippen molar-refractivity contribution in [1.82, 2.24) is 15.5 Å². The van der Waals surface area contributed by atoms with Crippen LogP contribution in [0.1, 0.15) is 26.3 Å². The molecule has 0 aliphatic carbocycles. The van der Waals surface area contributed by atoms with Gasteiger partial charge in [-0.15, -0.1) is 21.8 Å². The number of benzene rings is 1. The Morgan fingerprint density at radius 3 is 2.48 bits per heavy atom. The second-order valence-corrected chi connectivity index (χ2v) is 7.73. The lowest BCUT2D eigenvalue weighted by Crippen LogP contribution is -2.47. The standard InChI is InChI=1S/C17H21ClN4O2S/c1-10-5-7-12(8-6-10)14-21-22-16(25-14)20-13(23)11(2)19-15(24)17(3,4)9-18/h5-8,11H,9H2,1-4H3,(H,19,24)(H,20,22,23)/t11-/m1/s1. The molecule has 0 bridgehead atoms. The monoisotopic (exact) mass is 380 g/mol. The second kappa shape index (κ2) is 7.93. The first kappa shape index (κ1) is 19.3. The molecule has 1 heterocycles. The number of alkyl halides is 1. The van der Waals surface area contributed by atoms with Crippen LogP contribution in [-0.2, 0) is 9.59 Å². The summed E-state index contributed by atoms with van der Waals surface area (Å²) in [5.41, 5.74) is 1.36. The number of carbonyl (C=O) groups is 2. The molecular formula is C17H21ClN4O2S. The fourth-order valence-corrected chi connectivity index (χ4v) is 2.69. The van der Waals surface area contributed by atoms with Gasteiger partial charge in [0.15, 0.2) is 0 Å². The van der Waals surface area contributed by atoms with Crippen LogP contribution < -0.4 is 10.6 Å². The fourth-order valence-electron chi connectivity index (χ4n) is 1.82. The van der Waals surface area contributed by atoms with Crippen LogP contribution in [0, 0.1) is 12.3 Å². The lowest BCUT2D eigenvalue weighted by molar-refractivity contribution is -0.131. The van der Waals surface area contributed by atoms with Crippen LogP contribution in [0.2, 0.25) is 0 Å². The number of halogens is 1. The Labute approximate surface area is 156 Å². The van der Waals surface area contributed by atoms with Crippen LogP contribution in [0.25, 0.3) is 10.6 Å². The average molecular weight is 381 g/mol. The number of nitrogens with one attached hydrogen (secondary N) is 2. The van der Waals surface area contributed by atoms with E-state index in [0.29, 0.717) is 5.13 Å². The normalized spacial score (nSPS) is 12.5. The smallest absolute Gasteiger partial charge is 0.248 e. The summed E-state index contributed by atoms with van der Waals surface area (Å²) in [4.78, 5) is 24.3. The Morgan fingerprint density at radius 1 is 1.24 bits per heavy atom. The van der Waals surface area contributed by atoms with Crippen LogP contribution in [0.5, 0.6) is 0 Å². The molecule has 0 fully saturated rings. The second-order valence-electron chi connectivity index (χ2n) is 6.48. The lowest BCUT2D eigenvalue weighted by atomic mass is 9.95. The zero-order chi connectivity index (χ0) is 18.6. The van der Waals surface area contributed by atoms with Crippen LogP contribution in [-0.4, -0.2) is 33.9 Å². The zero-order valence-electron chi connectivity index (χ0n) is 14.6. The van der Waals surface area contributed by atoms with Gasteiger partial charge in [0.1, 0.15) is 11.0 Å². The third-order valence-electron chi connectivity index (χ3n) is 3.64. The highest BCUT2D eigenvalue weighted by molar-refractivity contribution is 7.18. The van der Waals surface area contributed by atoms with Crippen molar-refractivity contribution in [3.8, 4) is 10.6 Å². The van der Waals surface area contributed by atoms with Gasteiger partial charge < -0.3 is 5.32 Å². The molecule has 0 aliphatic rings. The number of hydrogen-bond acceptors (Lipinski definition) is 5. The minimum atomic E-state index is -0.739. The summed E-state index contributed by atoms with van der Waals surface area (Å²) in [5.74, 6) is -0.461. The maximum absolute atomic E-state index is 12.2. The van der Waals surface area contributed by atoms with Crippen molar-refractivity contribution in [3.63, 3.8) is 0 Å². The first-order valence-corrected chi connectivity index (χ1v) is 9.16. The van der Waals surface area contributed by atoms with Gasteiger partial charge in [-0.3, -0.25) is 14.9 Å². The lowest BCUT2D eigenvalue weighted by Gasteiger charge is -2.23. The van der Waals surface area contributed by atoms with E-state index in [1.165, 1.54) is 11.3 Å². The summed E-state index contributed by atoms with van der Waals surface area (Å²) in [7, 11) is 0. The fraction of sp³-hybridized carbons (Fsp3) is 0.412. The van der Waals surface area contributed by atoms with E-state index in [-0.39, 0.29) is 17.7 Å². The summed E-state index contributed by atoms with van der Waals surface area (Å²) < 4.78 is 0. The Hall–Kier alpha value is -1.99. The number of rotatable bonds is 6. The van der Waals surface area contributed by atoms with E-state index in [1.807, 2.05) is 31.2 Å². The highest BCUT2D eigenvalue weighted by Crippen LogP contribution is 2.26. The molecule has 0 aliphatic heterocycles. The van der Waals surface area contributed by atoms with Crippen molar-refractivity contribution in [2.24, 2.45) is 5.41 Å². The summed E-state index contributed by atoms with van der Waals surface area (Å²) in [6, 6.07) is 7.19. The van der Waals surface area contributed by atoms with Gasteiger partial charge in [0.05, 0.1) is 5.41 Å². The molecule has 1 aromatic heterocycles. The molecule has 2 aromatic rings. The Balaban J connectivity index is 1.99. The molecule has 1 atom stereocenters. The molecule has 0 radical (unpaired) electrons. The third-order valence-corrected chi connectivity index (χ3v) is 5.20. The summed E-state index contributed by atoms with van der Waals surface area (Å²) in [6.07, 6.45) is 0. The number of anilines is 1. The topological polar surface area (TPSA) is 84.0 Å². The van der Waals surface area contributed by atoms with Gasteiger partial charge in [-0.1, -0.05) is 41.2 Å². The first-order valence-electron chi connectivity index (χ1n) is 7.81. The minimum absolute atomic E-state index is 0.170. The molecule has 0 saturated heterocycles. The van der Waals surface area contributed by atoms with Gasteiger partial charge in [-0.25, -0.2) is 0 Å². The zero-order valence-corrected chi connectivity index (χ0v) is 16.2. The predicted molar refractivity (Wildman–Crippen MR) is 101 cm³/mol. The third kappa shape index (κ3) is 4.99. The van der Waals surface area contributed by atoms with E-state index in [4.69, 9.17) is 11.6 Å². The van der Waals surface area contributed by atoms with Crippen molar-refractivity contribution in [2.45, 2.75) is 33.7 Å². The van der Waals surface area contributed by atoms with E-state index in [1.54, 1.807) is 20.8 Å². The van der Waals surface area contributed by atoms with Crippen molar-refractivity contribution >= 4 is 39.9 Å². The Bertz CT molecular complexity index is 758.